The number of nitrogens with zero attached hydrogens (tertiary/aromatic N) is 1. The summed E-state index contributed by atoms with van der Waals surface area (Å²) in [5, 5.41) is 12.9. The van der Waals surface area contributed by atoms with Gasteiger partial charge in [0.25, 0.3) is 0 Å². The van der Waals surface area contributed by atoms with Gasteiger partial charge in [-0.1, -0.05) is 133 Å². The van der Waals surface area contributed by atoms with Crippen LogP contribution in [0.1, 0.15) is 11.1 Å². The average Bonchev–Trinajstić information content (AvgIpc) is 3.75. The lowest BCUT2D eigenvalue weighted by Gasteiger charge is -2.28. The molecule has 0 saturated carbocycles. The number of benzene rings is 9. The minimum Gasteiger partial charge on any atom is -0.308 e. The number of fused-ring (bicyclic) bond motifs is 13. The summed E-state index contributed by atoms with van der Waals surface area (Å²) < 4.78 is 2.63. The third-order valence-corrected chi connectivity index (χ3v) is 11.8. The van der Waals surface area contributed by atoms with E-state index in [1.54, 1.807) is 0 Å². The molecule has 0 saturated heterocycles. The largest absolute Gasteiger partial charge is 0.308 e. The summed E-state index contributed by atoms with van der Waals surface area (Å²) in [6.45, 7) is 0. The summed E-state index contributed by atoms with van der Waals surface area (Å²) in [5.74, 6) is 0. The molecule has 10 aromatic rings. The lowest BCUT2D eigenvalue weighted by Crippen LogP contribution is -2.11. The van der Waals surface area contributed by atoms with E-state index in [-0.39, 0.29) is 0 Å². The van der Waals surface area contributed by atoms with Gasteiger partial charge in [0.2, 0.25) is 0 Å². The number of thiophene rings is 1. The fourth-order valence-corrected chi connectivity index (χ4v) is 9.66. The fourth-order valence-electron chi connectivity index (χ4n) is 8.42. The van der Waals surface area contributed by atoms with Gasteiger partial charge in [0.15, 0.2) is 0 Å². The van der Waals surface area contributed by atoms with Crippen molar-refractivity contribution >= 4 is 91.7 Å². The van der Waals surface area contributed by atoms with Crippen LogP contribution >= 0.6 is 11.3 Å². The van der Waals surface area contributed by atoms with Crippen LogP contribution in [0.15, 0.2) is 164 Å². The molecule has 1 nitrogen and oxygen atoms in total. The molecule has 0 amide bonds. The molecule has 49 heavy (non-hydrogen) atoms. The van der Waals surface area contributed by atoms with E-state index in [2.05, 4.69) is 169 Å². The summed E-state index contributed by atoms with van der Waals surface area (Å²) in [6.07, 6.45) is 0.966. The molecule has 228 valence electrons. The van der Waals surface area contributed by atoms with Gasteiger partial charge in [-0.2, -0.15) is 0 Å². The van der Waals surface area contributed by atoms with E-state index in [4.69, 9.17) is 0 Å². The van der Waals surface area contributed by atoms with E-state index < -0.39 is 0 Å². The van der Waals surface area contributed by atoms with Gasteiger partial charge in [0.05, 0.1) is 16.1 Å². The minimum absolute atomic E-state index is 0.966. The second-order valence-corrected chi connectivity index (χ2v) is 14.3. The van der Waals surface area contributed by atoms with Crippen LogP contribution in [-0.4, -0.2) is 0 Å². The molecule has 1 heterocycles. The molecule has 0 unspecified atom stereocenters. The van der Waals surface area contributed by atoms with Gasteiger partial charge in [0, 0.05) is 26.5 Å². The van der Waals surface area contributed by atoms with E-state index in [9.17, 15) is 0 Å². The molecule has 0 spiro atoms. The van der Waals surface area contributed by atoms with Gasteiger partial charge in [-0.05, 0) is 96.7 Å². The molecular weight excluding hydrogens is 611 g/mol. The van der Waals surface area contributed by atoms with Crippen LogP contribution in [0, 0.1) is 0 Å². The van der Waals surface area contributed by atoms with Gasteiger partial charge >= 0.3 is 0 Å². The van der Waals surface area contributed by atoms with Crippen LogP contribution in [0.25, 0.3) is 74.4 Å². The maximum Gasteiger partial charge on any atom is 0.0647 e. The third kappa shape index (κ3) is 3.93. The van der Waals surface area contributed by atoms with Gasteiger partial charge in [-0.15, -0.1) is 11.3 Å². The predicted octanol–water partition coefficient (Wildman–Crippen LogP) is 13.7. The maximum atomic E-state index is 2.54. The molecule has 0 bridgehead atoms. The van der Waals surface area contributed by atoms with Crippen LogP contribution in [-0.2, 0) is 6.42 Å². The third-order valence-electron chi connectivity index (χ3n) is 10.6. The Morgan fingerprint density at radius 1 is 0.429 bits per heavy atom. The van der Waals surface area contributed by atoms with Crippen molar-refractivity contribution in [2.75, 3.05) is 4.90 Å². The highest BCUT2D eigenvalue weighted by Gasteiger charge is 2.26. The van der Waals surface area contributed by atoms with E-state index in [0.29, 0.717) is 0 Å². The van der Waals surface area contributed by atoms with Gasteiger partial charge in [-0.25, -0.2) is 0 Å². The molecule has 11 rings (SSSR count). The Morgan fingerprint density at radius 3 is 1.86 bits per heavy atom. The smallest absolute Gasteiger partial charge is 0.0647 e. The van der Waals surface area contributed by atoms with Gasteiger partial charge in [0.1, 0.15) is 0 Å². The highest BCUT2D eigenvalue weighted by Crippen LogP contribution is 2.52. The Hall–Kier alpha value is -5.96. The van der Waals surface area contributed by atoms with Crippen molar-refractivity contribution in [2.24, 2.45) is 0 Å². The molecule has 0 radical (unpaired) electrons. The molecule has 0 N–H and O–H groups in total. The average molecular weight is 640 g/mol. The van der Waals surface area contributed by atoms with Crippen LogP contribution in [0.3, 0.4) is 0 Å². The first kappa shape index (κ1) is 27.0. The zero-order chi connectivity index (χ0) is 32.1. The molecule has 2 heteroatoms. The summed E-state index contributed by atoms with van der Waals surface area (Å²) >= 11 is 1.92. The van der Waals surface area contributed by atoms with Gasteiger partial charge < -0.3 is 4.90 Å². The monoisotopic (exact) mass is 639 g/mol. The number of rotatable bonds is 3. The number of anilines is 3. The van der Waals surface area contributed by atoms with Crippen LogP contribution in [0.5, 0.6) is 0 Å². The molecule has 1 aliphatic rings. The summed E-state index contributed by atoms with van der Waals surface area (Å²) in [7, 11) is 0. The van der Waals surface area contributed by atoms with E-state index in [0.717, 1.165) is 6.42 Å². The molecule has 1 aliphatic carbocycles. The van der Waals surface area contributed by atoms with Crippen molar-refractivity contribution in [1.82, 2.24) is 0 Å². The molecule has 0 fully saturated rings. The molecule has 0 aliphatic heterocycles. The highest BCUT2D eigenvalue weighted by molar-refractivity contribution is 7.26. The second kappa shape index (κ2) is 10.3. The van der Waals surface area contributed by atoms with Gasteiger partial charge in [-0.3, -0.25) is 0 Å². The first-order chi connectivity index (χ1) is 24.3. The molecular formula is C47H29NS. The molecule has 1 aromatic heterocycles. The maximum absolute atomic E-state index is 2.54. The Bertz CT molecular complexity index is 2980. The van der Waals surface area contributed by atoms with Crippen LogP contribution in [0.4, 0.5) is 17.1 Å². The summed E-state index contributed by atoms with van der Waals surface area (Å²) in [4.78, 5) is 2.54. The van der Waals surface area contributed by atoms with Crippen LogP contribution in [0.2, 0.25) is 0 Å². The first-order valence-electron chi connectivity index (χ1n) is 17.0. The predicted molar refractivity (Wildman–Crippen MR) is 212 cm³/mol. The zero-order valence-electron chi connectivity index (χ0n) is 26.7. The topological polar surface area (TPSA) is 3.24 Å². The molecule has 0 atom stereocenters. The van der Waals surface area contributed by atoms with Crippen LogP contribution < -0.4 is 4.90 Å². The summed E-state index contributed by atoms with van der Waals surface area (Å²) in [6, 6.07) is 60.9. The van der Waals surface area contributed by atoms with Crippen molar-refractivity contribution < 1.29 is 0 Å². The van der Waals surface area contributed by atoms with E-state index >= 15 is 0 Å². The van der Waals surface area contributed by atoms with Crippen molar-refractivity contribution in [3.05, 3.63) is 175 Å². The van der Waals surface area contributed by atoms with Crippen molar-refractivity contribution in [3.8, 4) is 11.1 Å². The highest BCUT2D eigenvalue weighted by atomic mass is 32.1. The quantitative estimate of drug-likeness (QED) is 0.186. The number of hydrogen-bond donors (Lipinski definition) is 0. The normalized spacial score (nSPS) is 12.4. The Morgan fingerprint density at radius 2 is 1.04 bits per heavy atom. The number of hydrogen-bond acceptors (Lipinski definition) is 2. The SMILES string of the molecule is c1ccc2c(N(c3ccc4c(c3)-c3c(ccc5ccccc35)C4)c3cc4ccccc4c4c3sc3ccc5ccccc5c34)cccc2c1. The lowest BCUT2D eigenvalue weighted by atomic mass is 9.96. The second-order valence-electron chi connectivity index (χ2n) is 13.3. The molecule has 9 aromatic carbocycles. The van der Waals surface area contributed by atoms with Crippen molar-refractivity contribution in [2.45, 2.75) is 6.42 Å². The first-order valence-corrected chi connectivity index (χ1v) is 17.8. The summed E-state index contributed by atoms with van der Waals surface area (Å²) in [5.41, 5.74) is 9.10. The van der Waals surface area contributed by atoms with Crippen molar-refractivity contribution in [1.29, 1.82) is 0 Å². The minimum atomic E-state index is 0.966. The van der Waals surface area contributed by atoms with Crippen molar-refractivity contribution in [3.63, 3.8) is 0 Å². The zero-order valence-corrected chi connectivity index (χ0v) is 27.5. The Kier molecular flexibility index (Phi) is 5.67. The fraction of sp³-hybridized carbons (Fsp3) is 0.0213. The standard InChI is InChI=1S/C47H29NS/c1-5-15-36-29(10-1)14-9-19-41(36)48(35-24-22-33-26-34-21-20-30-11-2-6-16-37(30)44(34)40(33)28-35)42-27-32-13-4-8-18-39(32)46-45-38-17-7-3-12-31(38)23-25-43(45)49-47(42)46/h1-25,27-28H,26H2. The van der Waals surface area contributed by atoms with E-state index in [1.807, 2.05) is 11.3 Å². The Labute approximate surface area is 287 Å². The lowest BCUT2D eigenvalue weighted by molar-refractivity contribution is 1.25. The van der Waals surface area contributed by atoms with E-state index in [1.165, 1.54) is 103 Å². The Balaban J connectivity index is 1.27.